The van der Waals surface area contributed by atoms with Crippen LogP contribution in [0.15, 0.2) is 82.7 Å². The largest absolute Gasteiger partial charge is 0.516 e. The summed E-state index contributed by atoms with van der Waals surface area (Å²) in [4.78, 5) is 17.1. The highest BCUT2D eigenvalue weighted by atomic mass is 32.2. The fourth-order valence-electron chi connectivity index (χ4n) is 3.75. The summed E-state index contributed by atoms with van der Waals surface area (Å²) in [6.07, 6.45) is 3.75. The molecule has 2 N–H and O–H groups in total. The van der Waals surface area contributed by atoms with Crippen LogP contribution in [-0.2, 0) is 21.4 Å². The highest BCUT2D eigenvalue weighted by Gasteiger charge is 2.46. The number of alkyl halides is 3. The smallest absolute Gasteiger partial charge is 0.490 e. The molecule has 222 valence electrons. The summed E-state index contributed by atoms with van der Waals surface area (Å²) in [5, 5.41) is 2.90. The first-order chi connectivity index (χ1) is 20.0. The summed E-state index contributed by atoms with van der Waals surface area (Å²) < 4.78 is 73.5. The molecular weight excluding hydrogens is 591 g/mol. The average molecular weight is 620 g/mol. The standard InChI is InChI=1S/C29H28F3N3O5S2/c1-3-23(4-2)40-25-7-5-6-20(16-25)18-39-24-14-8-19(9-15-24)17-26-27(36)34-28(41-26)33-21-10-12-22(13-11-21)35-42(37,38)29(30,31)32/h5-17,23,35H,3-4,18H2,1-2H3,(H,33,34,36)/b26-17-. The van der Waals surface area contributed by atoms with Gasteiger partial charge in [-0.15, -0.1) is 0 Å². The van der Waals surface area contributed by atoms with Gasteiger partial charge in [-0.05, 0) is 90.3 Å². The van der Waals surface area contributed by atoms with Crippen molar-refractivity contribution in [1.82, 2.24) is 5.32 Å². The SMILES string of the molecule is CCC(CC)Oc1cccc(COc2ccc(/C=C3\SC(=Nc4ccc(NS(=O)(=O)C(F)(F)F)cc4)NC3=O)cc2)c1. The molecule has 0 spiro atoms. The van der Waals surface area contributed by atoms with Gasteiger partial charge in [-0.3, -0.25) is 9.52 Å². The van der Waals surface area contributed by atoms with Crippen molar-refractivity contribution >= 4 is 50.3 Å². The number of thioether (sulfide) groups is 1. The third-order valence-electron chi connectivity index (χ3n) is 6.00. The number of hydrogen-bond acceptors (Lipinski definition) is 7. The van der Waals surface area contributed by atoms with Crippen LogP contribution < -0.4 is 19.5 Å². The molecule has 1 amide bonds. The maximum absolute atomic E-state index is 12.5. The number of sulfonamides is 1. The second kappa shape index (κ2) is 13.3. The van der Waals surface area contributed by atoms with E-state index in [1.165, 1.54) is 16.9 Å². The minimum atomic E-state index is -5.52. The minimum Gasteiger partial charge on any atom is -0.490 e. The number of ether oxygens (including phenoxy) is 2. The zero-order valence-corrected chi connectivity index (χ0v) is 24.3. The van der Waals surface area contributed by atoms with Crippen molar-refractivity contribution in [2.75, 3.05) is 4.72 Å². The van der Waals surface area contributed by atoms with Crippen LogP contribution in [0.25, 0.3) is 6.08 Å². The van der Waals surface area contributed by atoms with E-state index in [2.05, 4.69) is 24.2 Å². The Labute approximate surface area is 246 Å². The zero-order valence-electron chi connectivity index (χ0n) is 22.6. The summed E-state index contributed by atoms with van der Waals surface area (Å²) in [7, 11) is -5.52. The molecule has 1 saturated heterocycles. The summed E-state index contributed by atoms with van der Waals surface area (Å²) in [5.41, 5.74) is -3.65. The molecule has 0 atom stereocenters. The van der Waals surface area contributed by atoms with E-state index >= 15 is 0 Å². The van der Waals surface area contributed by atoms with Gasteiger partial charge in [0, 0.05) is 5.69 Å². The van der Waals surface area contributed by atoms with Crippen LogP contribution in [0.3, 0.4) is 0 Å². The van der Waals surface area contributed by atoms with Crippen molar-refractivity contribution in [2.45, 2.75) is 44.9 Å². The summed E-state index contributed by atoms with van der Waals surface area (Å²) in [6.45, 7) is 4.56. The van der Waals surface area contributed by atoms with E-state index < -0.39 is 15.5 Å². The van der Waals surface area contributed by atoms with Crippen LogP contribution in [0.5, 0.6) is 11.5 Å². The van der Waals surface area contributed by atoms with E-state index in [-0.39, 0.29) is 22.9 Å². The van der Waals surface area contributed by atoms with E-state index in [1.54, 1.807) is 18.2 Å². The van der Waals surface area contributed by atoms with Crippen LogP contribution in [0.2, 0.25) is 0 Å². The molecule has 0 radical (unpaired) electrons. The molecule has 13 heteroatoms. The van der Waals surface area contributed by atoms with Crippen molar-refractivity contribution in [3.8, 4) is 11.5 Å². The van der Waals surface area contributed by atoms with Crippen LogP contribution in [0.4, 0.5) is 24.5 Å². The van der Waals surface area contributed by atoms with Crippen molar-refractivity contribution < 1.29 is 35.9 Å². The number of aliphatic imine (C=N–C) groups is 1. The number of halogens is 3. The van der Waals surface area contributed by atoms with Gasteiger partial charge in [0.2, 0.25) is 0 Å². The molecule has 0 aromatic heterocycles. The predicted molar refractivity (Wildman–Crippen MR) is 158 cm³/mol. The fraction of sp³-hybridized carbons (Fsp3) is 0.241. The van der Waals surface area contributed by atoms with E-state index in [9.17, 15) is 26.4 Å². The number of benzene rings is 3. The van der Waals surface area contributed by atoms with E-state index in [0.29, 0.717) is 22.9 Å². The Morgan fingerprint density at radius 1 is 1.00 bits per heavy atom. The normalized spacial score (nSPS) is 15.7. The summed E-state index contributed by atoms with van der Waals surface area (Å²) >= 11 is 1.09. The molecule has 3 aromatic carbocycles. The zero-order chi connectivity index (χ0) is 30.3. The number of anilines is 1. The molecule has 0 saturated carbocycles. The fourth-order valence-corrected chi connectivity index (χ4v) is 5.15. The molecule has 1 fully saturated rings. The molecule has 8 nitrogen and oxygen atoms in total. The van der Waals surface area contributed by atoms with Gasteiger partial charge in [0.25, 0.3) is 5.91 Å². The van der Waals surface area contributed by atoms with E-state index in [4.69, 9.17) is 9.47 Å². The van der Waals surface area contributed by atoms with Gasteiger partial charge in [-0.25, -0.2) is 4.99 Å². The number of carbonyl (C=O) groups is 1. The lowest BCUT2D eigenvalue weighted by molar-refractivity contribution is -0.115. The molecule has 1 heterocycles. The molecule has 4 rings (SSSR count). The number of nitrogens with one attached hydrogen (secondary N) is 2. The second-order valence-electron chi connectivity index (χ2n) is 9.14. The topological polar surface area (TPSA) is 106 Å². The summed E-state index contributed by atoms with van der Waals surface area (Å²) in [6, 6.07) is 20.0. The Morgan fingerprint density at radius 3 is 2.33 bits per heavy atom. The molecule has 0 unspecified atom stereocenters. The lowest BCUT2D eigenvalue weighted by atomic mass is 10.2. The van der Waals surface area contributed by atoms with Crippen LogP contribution in [0, 0.1) is 0 Å². The molecular formula is C29H28F3N3O5S2. The number of amidine groups is 1. The minimum absolute atomic E-state index is 0.178. The Morgan fingerprint density at radius 2 is 1.69 bits per heavy atom. The van der Waals surface area contributed by atoms with Gasteiger partial charge in [-0.2, -0.15) is 21.6 Å². The van der Waals surface area contributed by atoms with Gasteiger partial charge in [-0.1, -0.05) is 38.1 Å². The van der Waals surface area contributed by atoms with Crippen LogP contribution in [-0.4, -0.2) is 31.1 Å². The van der Waals surface area contributed by atoms with Gasteiger partial charge in [0.15, 0.2) is 5.17 Å². The van der Waals surface area contributed by atoms with Crippen molar-refractivity contribution in [3.05, 3.63) is 88.8 Å². The Balaban J connectivity index is 1.34. The number of amides is 1. The Kier molecular flexibility index (Phi) is 9.84. The predicted octanol–water partition coefficient (Wildman–Crippen LogP) is 6.99. The van der Waals surface area contributed by atoms with Gasteiger partial charge in [0.1, 0.15) is 18.1 Å². The highest BCUT2D eigenvalue weighted by molar-refractivity contribution is 8.18. The van der Waals surface area contributed by atoms with Crippen molar-refractivity contribution in [1.29, 1.82) is 0 Å². The number of carbonyl (C=O) groups excluding carboxylic acids is 1. The maximum atomic E-state index is 12.5. The first-order valence-corrected chi connectivity index (χ1v) is 15.2. The molecule has 0 aliphatic carbocycles. The van der Waals surface area contributed by atoms with Gasteiger partial charge in [0.05, 0.1) is 16.7 Å². The Hall–Kier alpha value is -3.97. The van der Waals surface area contributed by atoms with Gasteiger partial charge < -0.3 is 14.8 Å². The third-order valence-corrected chi connectivity index (χ3v) is 8.02. The molecule has 1 aliphatic rings. The number of nitrogens with zero attached hydrogens (tertiary/aromatic N) is 1. The molecule has 1 aliphatic heterocycles. The third kappa shape index (κ3) is 8.29. The lowest BCUT2D eigenvalue weighted by Gasteiger charge is -2.16. The maximum Gasteiger partial charge on any atom is 0.516 e. The quantitative estimate of drug-likeness (QED) is 0.224. The monoisotopic (exact) mass is 619 g/mol. The molecule has 3 aromatic rings. The van der Waals surface area contributed by atoms with Crippen molar-refractivity contribution in [2.24, 2.45) is 4.99 Å². The number of rotatable bonds is 11. The lowest BCUT2D eigenvalue weighted by Crippen LogP contribution is -2.29. The van der Waals surface area contributed by atoms with Crippen LogP contribution >= 0.6 is 11.8 Å². The average Bonchev–Trinajstić information content (AvgIpc) is 3.29. The molecule has 42 heavy (non-hydrogen) atoms. The van der Waals surface area contributed by atoms with Crippen molar-refractivity contribution in [3.63, 3.8) is 0 Å². The first-order valence-electron chi connectivity index (χ1n) is 12.9. The van der Waals surface area contributed by atoms with Crippen LogP contribution in [0.1, 0.15) is 37.8 Å². The van der Waals surface area contributed by atoms with E-state index in [0.717, 1.165) is 53.6 Å². The second-order valence-corrected chi connectivity index (χ2v) is 11.8. The highest BCUT2D eigenvalue weighted by Crippen LogP contribution is 2.30. The van der Waals surface area contributed by atoms with E-state index in [1.807, 2.05) is 36.4 Å². The van der Waals surface area contributed by atoms with Gasteiger partial charge >= 0.3 is 15.5 Å². The number of hydrogen-bond donors (Lipinski definition) is 2. The summed E-state index contributed by atoms with van der Waals surface area (Å²) in [5.74, 6) is 1.12. The molecule has 0 bridgehead atoms. The Bertz CT molecular complexity index is 1570. The first kappa shape index (κ1) is 31.0.